The van der Waals surface area contributed by atoms with E-state index in [1.54, 1.807) is 30.3 Å². The lowest BCUT2D eigenvalue weighted by molar-refractivity contribution is 0.00924. The van der Waals surface area contributed by atoms with Gasteiger partial charge >= 0.3 is 0 Å². The van der Waals surface area contributed by atoms with Gasteiger partial charge in [0.2, 0.25) is 10.0 Å². The van der Waals surface area contributed by atoms with E-state index in [9.17, 15) is 8.42 Å². The van der Waals surface area contributed by atoms with Crippen molar-refractivity contribution in [1.29, 1.82) is 0 Å². The van der Waals surface area contributed by atoms with Crippen LogP contribution in [-0.2, 0) is 14.8 Å². The zero-order valence-electron chi connectivity index (χ0n) is 10.5. The van der Waals surface area contributed by atoms with Crippen molar-refractivity contribution in [2.75, 3.05) is 13.2 Å². The molecule has 0 saturated carbocycles. The first-order valence-corrected chi connectivity index (χ1v) is 7.48. The Bertz CT molecular complexity index is 473. The zero-order chi connectivity index (χ0) is 13.0. The number of nitrogens with two attached hydrogens (primary N) is 1. The normalized spacial score (nSPS) is 23.6. The van der Waals surface area contributed by atoms with Gasteiger partial charge in [-0.15, -0.1) is 12.4 Å². The van der Waals surface area contributed by atoms with Crippen LogP contribution < -0.4 is 10.5 Å². The van der Waals surface area contributed by atoms with Gasteiger partial charge in [0.05, 0.1) is 17.6 Å². The number of hydrogen-bond acceptors (Lipinski definition) is 4. The predicted molar refractivity (Wildman–Crippen MR) is 75.8 cm³/mol. The smallest absolute Gasteiger partial charge is 0.240 e. The summed E-state index contributed by atoms with van der Waals surface area (Å²) in [6.45, 7) is 0.793. The van der Waals surface area contributed by atoms with Crippen LogP contribution in [0.4, 0.5) is 0 Å². The van der Waals surface area contributed by atoms with Crippen molar-refractivity contribution >= 4 is 22.4 Å². The highest BCUT2D eigenvalue weighted by Gasteiger charge is 2.21. The topological polar surface area (TPSA) is 81.4 Å². The molecule has 1 aliphatic rings. The molecule has 0 radical (unpaired) electrons. The lowest BCUT2D eigenvalue weighted by atomic mass is 10.1. The molecule has 108 valence electrons. The van der Waals surface area contributed by atoms with E-state index in [0.29, 0.717) is 13.2 Å². The number of rotatable bonds is 4. The van der Waals surface area contributed by atoms with E-state index in [-0.39, 0.29) is 29.4 Å². The van der Waals surface area contributed by atoms with Crippen molar-refractivity contribution in [3.05, 3.63) is 30.3 Å². The Balaban J connectivity index is 0.00000180. The number of ether oxygens (including phenoxy) is 1. The van der Waals surface area contributed by atoms with Crippen molar-refractivity contribution in [3.63, 3.8) is 0 Å². The van der Waals surface area contributed by atoms with Crippen LogP contribution in [0.5, 0.6) is 0 Å². The van der Waals surface area contributed by atoms with Gasteiger partial charge in [0.15, 0.2) is 0 Å². The number of hydrogen-bond donors (Lipinski definition) is 2. The summed E-state index contributed by atoms with van der Waals surface area (Å²) < 4.78 is 31.9. The van der Waals surface area contributed by atoms with Gasteiger partial charge in [-0.1, -0.05) is 18.2 Å². The fourth-order valence-electron chi connectivity index (χ4n) is 1.87. The third-order valence-electron chi connectivity index (χ3n) is 2.96. The first-order chi connectivity index (χ1) is 8.58. The summed E-state index contributed by atoms with van der Waals surface area (Å²) >= 11 is 0. The molecule has 1 aromatic carbocycles. The fraction of sp³-hybridized carbons (Fsp3) is 0.500. The summed E-state index contributed by atoms with van der Waals surface area (Å²) in [5, 5.41) is 0. The molecule has 0 spiro atoms. The second-order valence-electron chi connectivity index (χ2n) is 4.46. The van der Waals surface area contributed by atoms with E-state index in [1.165, 1.54) is 0 Å². The summed E-state index contributed by atoms with van der Waals surface area (Å²) in [5.41, 5.74) is 5.71. The summed E-state index contributed by atoms with van der Waals surface area (Å²) in [7, 11) is -3.43. The number of sulfonamides is 1. The highest BCUT2D eigenvalue weighted by molar-refractivity contribution is 7.89. The van der Waals surface area contributed by atoms with Crippen molar-refractivity contribution in [2.45, 2.75) is 29.9 Å². The second-order valence-corrected chi connectivity index (χ2v) is 6.22. The molecule has 0 bridgehead atoms. The molecule has 5 nitrogen and oxygen atoms in total. The van der Waals surface area contributed by atoms with Crippen molar-refractivity contribution < 1.29 is 13.2 Å². The van der Waals surface area contributed by atoms with E-state index >= 15 is 0 Å². The molecule has 3 N–H and O–H groups in total. The lowest BCUT2D eigenvalue weighted by Gasteiger charge is -2.26. The highest BCUT2D eigenvalue weighted by Crippen LogP contribution is 2.13. The van der Waals surface area contributed by atoms with E-state index < -0.39 is 10.0 Å². The Morgan fingerprint density at radius 3 is 2.53 bits per heavy atom. The third kappa shape index (κ3) is 4.74. The maximum Gasteiger partial charge on any atom is 0.240 e. The monoisotopic (exact) mass is 306 g/mol. The number of benzene rings is 1. The van der Waals surface area contributed by atoms with Crippen molar-refractivity contribution in [1.82, 2.24) is 4.72 Å². The minimum atomic E-state index is -3.43. The molecule has 2 rings (SSSR count). The van der Waals surface area contributed by atoms with Crippen LogP contribution in [0.3, 0.4) is 0 Å². The zero-order valence-corrected chi connectivity index (χ0v) is 12.1. The molecule has 1 heterocycles. The maximum absolute atomic E-state index is 11.9. The summed E-state index contributed by atoms with van der Waals surface area (Å²) in [4.78, 5) is 0.275. The molecule has 2 atom stereocenters. The Morgan fingerprint density at radius 2 is 1.95 bits per heavy atom. The number of halogens is 1. The fourth-order valence-corrected chi connectivity index (χ4v) is 2.96. The summed E-state index contributed by atoms with van der Waals surface area (Å²) in [6.07, 6.45) is 1.58. The maximum atomic E-state index is 11.9. The summed E-state index contributed by atoms with van der Waals surface area (Å²) in [5.74, 6) is 0. The Morgan fingerprint density at radius 1 is 1.26 bits per heavy atom. The molecule has 0 aliphatic carbocycles. The van der Waals surface area contributed by atoms with Gasteiger partial charge < -0.3 is 10.5 Å². The second kappa shape index (κ2) is 7.21. The average molecular weight is 307 g/mol. The van der Waals surface area contributed by atoms with Crippen LogP contribution in [0.1, 0.15) is 12.8 Å². The molecular weight excluding hydrogens is 288 g/mol. The van der Waals surface area contributed by atoms with Crippen molar-refractivity contribution in [3.8, 4) is 0 Å². The van der Waals surface area contributed by atoms with Gasteiger partial charge in [-0.25, -0.2) is 13.1 Å². The van der Waals surface area contributed by atoms with Gasteiger partial charge in [-0.05, 0) is 25.0 Å². The van der Waals surface area contributed by atoms with Gasteiger partial charge in [-0.2, -0.15) is 0 Å². The average Bonchev–Trinajstić information content (AvgIpc) is 2.39. The van der Waals surface area contributed by atoms with Crippen LogP contribution in [0.25, 0.3) is 0 Å². The largest absolute Gasteiger partial charge is 0.375 e. The van der Waals surface area contributed by atoms with Crippen LogP contribution >= 0.6 is 12.4 Å². The standard InChI is InChI=1S/C12H18N2O3S.ClH/c13-10-6-7-11(17-9-10)8-14-18(15,16)12-4-2-1-3-5-12;/h1-5,10-11,14H,6-9,13H2;1H/t10-,11+;/m1./s1. The van der Waals surface area contributed by atoms with E-state index in [0.717, 1.165) is 12.8 Å². The number of nitrogens with one attached hydrogen (secondary N) is 1. The molecule has 1 saturated heterocycles. The lowest BCUT2D eigenvalue weighted by Crippen LogP contribution is -2.41. The first kappa shape index (κ1) is 16.4. The van der Waals surface area contributed by atoms with Crippen molar-refractivity contribution in [2.24, 2.45) is 5.73 Å². The predicted octanol–water partition coefficient (Wildman–Crippen LogP) is 0.893. The minimum Gasteiger partial charge on any atom is -0.375 e. The Labute approximate surface area is 120 Å². The molecule has 1 aromatic rings. The van der Waals surface area contributed by atoms with Gasteiger partial charge in [0.1, 0.15) is 0 Å². The molecule has 0 unspecified atom stereocenters. The van der Waals surface area contributed by atoms with Crippen LogP contribution in [0.15, 0.2) is 35.2 Å². The third-order valence-corrected chi connectivity index (χ3v) is 4.40. The Hall–Kier alpha value is -0.660. The SMILES string of the molecule is Cl.N[C@@H]1CC[C@@H](CNS(=O)(=O)c2ccccc2)OC1. The molecule has 19 heavy (non-hydrogen) atoms. The van der Waals surface area contributed by atoms with E-state index in [4.69, 9.17) is 10.5 Å². The highest BCUT2D eigenvalue weighted by atomic mass is 35.5. The quantitative estimate of drug-likeness (QED) is 0.866. The molecule has 1 aliphatic heterocycles. The molecule has 7 heteroatoms. The molecular formula is C12H19ClN2O3S. The van der Waals surface area contributed by atoms with Crippen LogP contribution in [0, 0.1) is 0 Å². The minimum absolute atomic E-state index is 0. The summed E-state index contributed by atoms with van der Waals surface area (Å²) in [6, 6.07) is 8.40. The van der Waals surface area contributed by atoms with E-state index in [2.05, 4.69) is 4.72 Å². The van der Waals surface area contributed by atoms with Gasteiger partial charge in [0, 0.05) is 12.6 Å². The van der Waals surface area contributed by atoms with Gasteiger partial charge in [-0.3, -0.25) is 0 Å². The molecule has 0 amide bonds. The van der Waals surface area contributed by atoms with Crippen LogP contribution in [0.2, 0.25) is 0 Å². The van der Waals surface area contributed by atoms with Crippen LogP contribution in [-0.4, -0.2) is 33.7 Å². The van der Waals surface area contributed by atoms with Gasteiger partial charge in [0.25, 0.3) is 0 Å². The molecule has 1 fully saturated rings. The Kier molecular flexibility index (Phi) is 6.22. The first-order valence-electron chi connectivity index (χ1n) is 6.00. The van der Waals surface area contributed by atoms with E-state index in [1.807, 2.05) is 0 Å². The molecule has 0 aromatic heterocycles.